The van der Waals surface area contributed by atoms with E-state index >= 15 is 0 Å². The Morgan fingerprint density at radius 1 is 1.44 bits per heavy atom. The molecule has 0 aliphatic rings. The van der Waals surface area contributed by atoms with Crippen LogP contribution in [0.4, 0.5) is 0 Å². The average Bonchev–Trinajstić information content (AvgIpc) is 2.86. The van der Waals surface area contributed by atoms with Crippen LogP contribution in [0.1, 0.15) is 10.5 Å². The Kier molecular flexibility index (Phi) is 3.43. The van der Waals surface area contributed by atoms with Crippen LogP contribution in [0, 0.1) is 0 Å². The smallest absolute Gasteiger partial charge is 0.273 e. The van der Waals surface area contributed by atoms with Crippen LogP contribution in [-0.4, -0.2) is 22.7 Å². The van der Waals surface area contributed by atoms with Gasteiger partial charge in [-0.1, -0.05) is 11.2 Å². The molecule has 1 amide bonds. The maximum atomic E-state index is 11.6. The van der Waals surface area contributed by atoms with Crippen LogP contribution in [-0.2, 0) is 0 Å². The Balaban J connectivity index is 2.17. The molecule has 0 radical (unpaired) electrons. The lowest BCUT2D eigenvalue weighted by Crippen LogP contribution is -2.23. The second-order valence-corrected chi connectivity index (χ2v) is 3.62. The molecule has 5 heteroatoms. The van der Waals surface area contributed by atoms with Gasteiger partial charge in [0.15, 0.2) is 11.5 Å². The molecule has 5 nitrogen and oxygen atoms in total. The summed E-state index contributed by atoms with van der Waals surface area (Å²) in [6.07, 6.45) is 1.58. The SMILES string of the molecule is C=CCNC(=O)c1cc(-c2ccc(O)cc2)on1. The highest BCUT2D eigenvalue weighted by molar-refractivity contribution is 5.93. The van der Waals surface area contributed by atoms with Gasteiger partial charge in [0.2, 0.25) is 0 Å². The number of aromatic hydroxyl groups is 1. The zero-order chi connectivity index (χ0) is 13.0. The van der Waals surface area contributed by atoms with Crippen LogP contribution in [0.15, 0.2) is 47.5 Å². The fraction of sp³-hybridized carbons (Fsp3) is 0.0769. The second kappa shape index (κ2) is 5.18. The van der Waals surface area contributed by atoms with Gasteiger partial charge in [-0.2, -0.15) is 0 Å². The summed E-state index contributed by atoms with van der Waals surface area (Å²) < 4.78 is 5.07. The average molecular weight is 244 g/mol. The summed E-state index contributed by atoms with van der Waals surface area (Å²) >= 11 is 0. The molecule has 0 aliphatic carbocycles. The number of benzene rings is 1. The van der Waals surface area contributed by atoms with Crippen LogP contribution >= 0.6 is 0 Å². The van der Waals surface area contributed by atoms with Crippen molar-refractivity contribution in [3.63, 3.8) is 0 Å². The van der Waals surface area contributed by atoms with Crippen molar-refractivity contribution in [3.8, 4) is 17.1 Å². The number of phenolic OH excluding ortho intramolecular Hbond substituents is 1. The first kappa shape index (κ1) is 11.9. The molecule has 0 unspecified atom stereocenters. The lowest BCUT2D eigenvalue weighted by Gasteiger charge is -1.96. The predicted molar refractivity (Wildman–Crippen MR) is 66.1 cm³/mol. The molecule has 92 valence electrons. The maximum absolute atomic E-state index is 11.6. The Morgan fingerprint density at radius 2 is 2.17 bits per heavy atom. The summed E-state index contributed by atoms with van der Waals surface area (Å²) in [6.45, 7) is 3.88. The highest BCUT2D eigenvalue weighted by Gasteiger charge is 2.12. The Bertz CT molecular complexity index is 558. The number of nitrogens with one attached hydrogen (secondary N) is 1. The van der Waals surface area contributed by atoms with Crippen molar-refractivity contribution in [2.75, 3.05) is 6.54 Å². The molecule has 2 rings (SSSR count). The van der Waals surface area contributed by atoms with E-state index < -0.39 is 0 Å². The van der Waals surface area contributed by atoms with E-state index in [-0.39, 0.29) is 17.4 Å². The van der Waals surface area contributed by atoms with Gasteiger partial charge in [-0.05, 0) is 24.3 Å². The van der Waals surface area contributed by atoms with Gasteiger partial charge >= 0.3 is 0 Å². The summed E-state index contributed by atoms with van der Waals surface area (Å²) in [5.41, 5.74) is 0.947. The Labute approximate surface area is 104 Å². The number of hydrogen-bond donors (Lipinski definition) is 2. The van der Waals surface area contributed by atoms with Crippen molar-refractivity contribution in [1.29, 1.82) is 0 Å². The number of phenols is 1. The molecule has 0 aliphatic heterocycles. The van der Waals surface area contributed by atoms with E-state index in [9.17, 15) is 9.90 Å². The van der Waals surface area contributed by atoms with Crippen LogP contribution in [0.5, 0.6) is 5.75 Å². The summed E-state index contributed by atoms with van der Waals surface area (Å²) in [5, 5.41) is 15.5. The molecule has 1 aromatic heterocycles. The first-order valence-electron chi connectivity index (χ1n) is 5.36. The third-order valence-electron chi connectivity index (χ3n) is 2.30. The fourth-order valence-electron chi connectivity index (χ4n) is 1.40. The van der Waals surface area contributed by atoms with E-state index in [1.165, 1.54) is 12.1 Å². The first-order chi connectivity index (χ1) is 8.70. The minimum Gasteiger partial charge on any atom is -0.508 e. The first-order valence-corrected chi connectivity index (χ1v) is 5.36. The second-order valence-electron chi connectivity index (χ2n) is 3.62. The number of rotatable bonds is 4. The van der Waals surface area contributed by atoms with Crippen LogP contribution in [0.25, 0.3) is 11.3 Å². The van der Waals surface area contributed by atoms with Gasteiger partial charge in [-0.15, -0.1) is 6.58 Å². The molecule has 2 aromatic rings. The molecule has 0 saturated heterocycles. The van der Waals surface area contributed by atoms with Crippen LogP contribution in [0.2, 0.25) is 0 Å². The number of carbonyl (C=O) groups excluding carboxylic acids is 1. The van der Waals surface area contributed by atoms with Gasteiger partial charge in [-0.3, -0.25) is 4.79 Å². The molecule has 0 atom stereocenters. The zero-order valence-electron chi connectivity index (χ0n) is 9.59. The van der Waals surface area contributed by atoms with Crippen molar-refractivity contribution < 1.29 is 14.4 Å². The monoisotopic (exact) mass is 244 g/mol. The van der Waals surface area contributed by atoms with Crippen LogP contribution in [0.3, 0.4) is 0 Å². The number of amides is 1. The van der Waals surface area contributed by atoms with Crippen molar-refractivity contribution in [2.45, 2.75) is 0 Å². The summed E-state index contributed by atoms with van der Waals surface area (Å²) in [7, 11) is 0. The third-order valence-corrected chi connectivity index (χ3v) is 2.30. The molecular formula is C13H12N2O3. The third kappa shape index (κ3) is 2.57. The Hall–Kier alpha value is -2.56. The van der Waals surface area contributed by atoms with E-state index in [2.05, 4.69) is 17.1 Å². The largest absolute Gasteiger partial charge is 0.508 e. The normalized spacial score (nSPS) is 10.0. The van der Waals surface area contributed by atoms with E-state index in [1.54, 1.807) is 24.3 Å². The molecule has 0 fully saturated rings. The van der Waals surface area contributed by atoms with Gasteiger partial charge < -0.3 is 14.9 Å². The van der Waals surface area contributed by atoms with Gasteiger partial charge in [-0.25, -0.2) is 0 Å². The summed E-state index contributed by atoms with van der Waals surface area (Å²) in [6, 6.07) is 7.98. The molecule has 1 aromatic carbocycles. The quantitative estimate of drug-likeness (QED) is 0.806. The van der Waals surface area contributed by atoms with E-state index in [0.717, 1.165) is 5.56 Å². The number of hydrogen-bond acceptors (Lipinski definition) is 4. The van der Waals surface area contributed by atoms with Gasteiger partial charge in [0.25, 0.3) is 5.91 Å². The van der Waals surface area contributed by atoms with Crippen molar-refractivity contribution in [1.82, 2.24) is 10.5 Å². The zero-order valence-corrected chi connectivity index (χ0v) is 9.59. The molecule has 1 heterocycles. The van der Waals surface area contributed by atoms with Crippen molar-refractivity contribution >= 4 is 5.91 Å². The van der Waals surface area contributed by atoms with Crippen molar-refractivity contribution in [2.24, 2.45) is 0 Å². The van der Waals surface area contributed by atoms with E-state index in [0.29, 0.717) is 12.3 Å². The van der Waals surface area contributed by atoms with E-state index in [4.69, 9.17) is 4.52 Å². The van der Waals surface area contributed by atoms with Crippen LogP contribution < -0.4 is 5.32 Å². The lowest BCUT2D eigenvalue weighted by molar-refractivity contribution is 0.0949. The van der Waals surface area contributed by atoms with Gasteiger partial charge in [0.05, 0.1) is 0 Å². The fourth-order valence-corrected chi connectivity index (χ4v) is 1.40. The minimum absolute atomic E-state index is 0.169. The molecule has 0 saturated carbocycles. The highest BCUT2D eigenvalue weighted by atomic mass is 16.5. The van der Waals surface area contributed by atoms with E-state index in [1.807, 2.05) is 0 Å². The lowest BCUT2D eigenvalue weighted by atomic mass is 10.1. The molecule has 0 spiro atoms. The molecular weight excluding hydrogens is 232 g/mol. The molecule has 0 bridgehead atoms. The Morgan fingerprint density at radius 3 is 2.83 bits per heavy atom. The minimum atomic E-state index is -0.316. The molecule has 2 N–H and O–H groups in total. The number of nitrogens with zero attached hydrogens (tertiary/aromatic N) is 1. The topological polar surface area (TPSA) is 75.4 Å². The number of carbonyl (C=O) groups is 1. The number of aromatic nitrogens is 1. The van der Waals surface area contributed by atoms with Gasteiger partial charge in [0, 0.05) is 18.2 Å². The maximum Gasteiger partial charge on any atom is 0.273 e. The summed E-state index contributed by atoms with van der Waals surface area (Å²) in [5.74, 6) is 0.324. The predicted octanol–water partition coefficient (Wildman–Crippen LogP) is 1.96. The van der Waals surface area contributed by atoms with Gasteiger partial charge in [0.1, 0.15) is 5.75 Å². The standard InChI is InChI=1S/C13H12N2O3/c1-2-7-14-13(17)11-8-12(18-15-11)9-3-5-10(16)6-4-9/h2-6,8,16H,1,7H2,(H,14,17). The molecule has 18 heavy (non-hydrogen) atoms. The van der Waals surface area contributed by atoms with Crippen molar-refractivity contribution in [3.05, 3.63) is 48.7 Å². The summed E-state index contributed by atoms with van der Waals surface area (Å²) in [4.78, 5) is 11.6. The highest BCUT2D eigenvalue weighted by Crippen LogP contribution is 2.22.